The number of benzene rings is 2. The zero-order valence-corrected chi connectivity index (χ0v) is 11.8. The molecule has 92 valence electrons. The molecule has 0 bridgehead atoms. The summed E-state index contributed by atoms with van der Waals surface area (Å²) in [6, 6.07) is 15.1. The molecular formula is C13H10BrNO2S. The molecule has 0 aliphatic rings. The Labute approximate surface area is 117 Å². The first-order valence-corrected chi connectivity index (χ1v) is 7.06. The first kappa shape index (κ1) is 13.1. The molecule has 0 N–H and O–H groups in total. The Morgan fingerprint density at radius 1 is 1.11 bits per heavy atom. The van der Waals surface area contributed by atoms with E-state index in [9.17, 15) is 10.1 Å². The molecule has 0 saturated carbocycles. The van der Waals surface area contributed by atoms with Gasteiger partial charge in [0, 0.05) is 16.7 Å². The summed E-state index contributed by atoms with van der Waals surface area (Å²) in [6.45, 7) is 0. The molecule has 0 aromatic heterocycles. The van der Waals surface area contributed by atoms with Crippen molar-refractivity contribution in [3.8, 4) is 0 Å². The van der Waals surface area contributed by atoms with Gasteiger partial charge in [-0.05, 0) is 33.6 Å². The molecule has 0 saturated heterocycles. The normalized spacial score (nSPS) is 10.3. The average Bonchev–Trinajstić information content (AvgIpc) is 2.38. The third-order valence-corrected chi connectivity index (χ3v) is 4.37. The maximum Gasteiger partial charge on any atom is 0.283 e. The molecule has 0 aliphatic heterocycles. The highest BCUT2D eigenvalue weighted by Gasteiger charge is 2.14. The second kappa shape index (κ2) is 6.02. The van der Waals surface area contributed by atoms with Crippen LogP contribution < -0.4 is 0 Å². The highest BCUT2D eigenvalue weighted by atomic mass is 79.9. The molecule has 2 aromatic carbocycles. The van der Waals surface area contributed by atoms with Crippen molar-refractivity contribution in [1.29, 1.82) is 0 Å². The summed E-state index contributed by atoms with van der Waals surface area (Å²) in [4.78, 5) is 11.6. The van der Waals surface area contributed by atoms with Gasteiger partial charge in [0.2, 0.25) is 0 Å². The van der Waals surface area contributed by atoms with Crippen LogP contribution in [0.25, 0.3) is 0 Å². The van der Waals surface area contributed by atoms with E-state index >= 15 is 0 Å². The van der Waals surface area contributed by atoms with Crippen molar-refractivity contribution in [2.75, 3.05) is 0 Å². The molecule has 0 atom stereocenters. The van der Waals surface area contributed by atoms with Crippen LogP contribution >= 0.6 is 27.7 Å². The number of rotatable bonds is 4. The minimum Gasteiger partial charge on any atom is -0.258 e. The van der Waals surface area contributed by atoms with Crippen molar-refractivity contribution in [1.82, 2.24) is 0 Å². The van der Waals surface area contributed by atoms with Crippen LogP contribution in [0, 0.1) is 10.1 Å². The van der Waals surface area contributed by atoms with E-state index < -0.39 is 0 Å². The number of halogens is 1. The van der Waals surface area contributed by atoms with Crippen LogP contribution in [0.4, 0.5) is 5.69 Å². The van der Waals surface area contributed by atoms with Gasteiger partial charge in [-0.3, -0.25) is 10.1 Å². The number of nitro benzene ring substituents is 1. The third kappa shape index (κ3) is 3.11. The Kier molecular flexibility index (Phi) is 4.38. The number of nitrogens with zero attached hydrogens (tertiary/aromatic N) is 1. The quantitative estimate of drug-likeness (QED) is 0.467. The van der Waals surface area contributed by atoms with E-state index in [1.165, 1.54) is 6.07 Å². The minimum atomic E-state index is -0.374. The van der Waals surface area contributed by atoms with Crippen LogP contribution in [0.1, 0.15) is 5.56 Å². The van der Waals surface area contributed by atoms with Gasteiger partial charge < -0.3 is 0 Å². The van der Waals surface area contributed by atoms with Crippen molar-refractivity contribution in [2.24, 2.45) is 0 Å². The molecular weight excluding hydrogens is 314 g/mol. The largest absolute Gasteiger partial charge is 0.283 e. The lowest BCUT2D eigenvalue weighted by Crippen LogP contribution is -1.92. The van der Waals surface area contributed by atoms with Crippen molar-refractivity contribution < 1.29 is 4.92 Å². The van der Waals surface area contributed by atoms with Gasteiger partial charge in [-0.1, -0.05) is 30.3 Å². The molecule has 18 heavy (non-hydrogen) atoms. The van der Waals surface area contributed by atoms with Crippen molar-refractivity contribution in [2.45, 2.75) is 10.6 Å². The van der Waals surface area contributed by atoms with Crippen LogP contribution in [0.15, 0.2) is 57.9 Å². The first-order valence-electron chi connectivity index (χ1n) is 5.28. The van der Waals surface area contributed by atoms with Gasteiger partial charge in [-0.25, -0.2) is 0 Å². The topological polar surface area (TPSA) is 43.1 Å². The molecule has 0 amide bonds. The number of hydrogen-bond acceptors (Lipinski definition) is 3. The van der Waals surface area contributed by atoms with Crippen LogP contribution in [0.2, 0.25) is 0 Å². The van der Waals surface area contributed by atoms with Crippen LogP contribution in [0.5, 0.6) is 0 Å². The lowest BCUT2D eigenvalue weighted by atomic mass is 10.2. The molecule has 2 aromatic rings. The van der Waals surface area contributed by atoms with Crippen molar-refractivity contribution in [3.05, 3.63) is 68.7 Å². The molecule has 0 heterocycles. The van der Waals surface area contributed by atoms with E-state index in [-0.39, 0.29) is 10.6 Å². The third-order valence-electron chi connectivity index (χ3n) is 2.39. The van der Waals surface area contributed by atoms with Gasteiger partial charge in [-0.15, -0.1) is 11.8 Å². The molecule has 0 spiro atoms. The van der Waals surface area contributed by atoms with Crippen molar-refractivity contribution >= 4 is 33.4 Å². The standard InChI is InChI=1S/C13H10BrNO2S/c14-13-10(5-4-8-12(13)15(16)17)9-18-11-6-2-1-3-7-11/h1-8H,9H2. The zero-order chi connectivity index (χ0) is 13.0. The van der Waals surface area contributed by atoms with Crippen molar-refractivity contribution in [3.63, 3.8) is 0 Å². The predicted octanol–water partition coefficient (Wildman–Crippen LogP) is 4.65. The minimum absolute atomic E-state index is 0.112. The van der Waals surface area contributed by atoms with E-state index in [2.05, 4.69) is 15.9 Å². The highest BCUT2D eigenvalue weighted by molar-refractivity contribution is 9.10. The zero-order valence-electron chi connectivity index (χ0n) is 9.38. The molecule has 3 nitrogen and oxygen atoms in total. The SMILES string of the molecule is O=[N+]([O-])c1cccc(CSc2ccccc2)c1Br. The van der Waals surface area contributed by atoms with E-state index in [4.69, 9.17) is 0 Å². The molecule has 0 unspecified atom stereocenters. The Hall–Kier alpha value is -1.33. The van der Waals surface area contributed by atoms with E-state index in [0.717, 1.165) is 10.5 Å². The Balaban J connectivity index is 2.15. The lowest BCUT2D eigenvalue weighted by molar-refractivity contribution is -0.385. The van der Waals surface area contributed by atoms with E-state index in [0.29, 0.717) is 10.2 Å². The summed E-state index contributed by atoms with van der Waals surface area (Å²) in [6.07, 6.45) is 0. The molecule has 0 radical (unpaired) electrons. The molecule has 2 rings (SSSR count). The monoisotopic (exact) mass is 323 g/mol. The summed E-state index contributed by atoms with van der Waals surface area (Å²) >= 11 is 4.96. The second-order valence-corrected chi connectivity index (χ2v) is 5.45. The predicted molar refractivity (Wildman–Crippen MR) is 76.8 cm³/mol. The van der Waals surface area contributed by atoms with Crippen LogP contribution in [-0.2, 0) is 5.75 Å². The average molecular weight is 324 g/mol. The van der Waals surface area contributed by atoms with Gasteiger partial charge in [0.25, 0.3) is 5.69 Å². The summed E-state index contributed by atoms with van der Waals surface area (Å²) in [5.41, 5.74) is 1.04. The number of thioether (sulfide) groups is 1. The number of hydrogen-bond donors (Lipinski definition) is 0. The fraction of sp³-hybridized carbons (Fsp3) is 0.0769. The first-order chi connectivity index (χ1) is 8.68. The summed E-state index contributed by atoms with van der Waals surface area (Å²) in [7, 11) is 0. The fourth-order valence-electron chi connectivity index (χ4n) is 1.50. The van der Waals surface area contributed by atoms with Gasteiger partial charge in [0.15, 0.2) is 0 Å². The Morgan fingerprint density at radius 3 is 2.50 bits per heavy atom. The Morgan fingerprint density at radius 2 is 1.83 bits per heavy atom. The van der Waals surface area contributed by atoms with Crippen LogP contribution in [0.3, 0.4) is 0 Å². The molecule has 5 heteroatoms. The Bertz CT molecular complexity index is 560. The molecule has 0 aliphatic carbocycles. The summed E-state index contributed by atoms with van der Waals surface area (Å²) < 4.78 is 0.568. The summed E-state index contributed by atoms with van der Waals surface area (Å²) in [5.74, 6) is 0.701. The lowest BCUT2D eigenvalue weighted by Gasteiger charge is -2.05. The van der Waals surface area contributed by atoms with E-state index in [1.807, 2.05) is 36.4 Å². The smallest absolute Gasteiger partial charge is 0.258 e. The summed E-state index contributed by atoms with van der Waals surface area (Å²) in [5, 5.41) is 10.8. The van der Waals surface area contributed by atoms with Gasteiger partial charge in [0.1, 0.15) is 0 Å². The fourth-order valence-corrected chi connectivity index (χ4v) is 3.14. The second-order valence-electron chi connectivity index (χ2n) is 3.61. The van der Waals surface area contributed by atoms with Gasteiger partial charge in [-0.2, -0.15) is 0 Å². The van der Waals surface area contributed by atoms with E-state index in [1.54, 1.807) is 17.8 Å². The van der Waals surface area contributed by atoms with Crippen LogP contribution in [-0.4, -0.2) is 4.92 Å². The maximum absolute atomic E-state index is 10.8. The van der Waals surface area contributed by atoms with Gasteiger partial charge in [0.05, 0.1) is 9.40 Å². The molecule has 0 fully saturated rings. The maximum atomic E-state index is 10.8. The highest BCUT2D eigenvalue weighted by Crippen LogP contribution is 2.32. The number of nitro groups is 1. The van der Waals surface area contributed by atoms with Gasteiger partial charge >= 0.3 is 0 Å².